The molecule has 4 aromatic rings. The van der Waals surface area contributed by atoms with Gasteiger partial charge in [-0.05, 0) is 60.7 Å². The number of halogens is 1. The summed E-state index contributed by atoms with van der Waals surface area (Å²) in [5.74, 6) is 0.893. The average Bonchev–Trinajstić information content (AvgIpc) is 2.84. The Morgan fingerprint density at radius 1 is 0.645 bits per heavy atom. The van der Waals surface area contributed by atoms with Gasteiger partial charge in [0.15, 0.2) is 0 Å². The van der Waals surface area contributed by atoms with Gasteiger partial charge in [0.05, 0.1) is 7.11 Å². The maximum absolute atomic E-state index is 13.6. The molecule has 0 fully saturated rings. The van der Waals surface area contributed by atoms with Gasteiger partial charge in [-0.2, -0.15) is 0 Å². The van der Waals surface area contributed by atoms with Crippen molar-refractivity contribution < 1.29 is 21.9 Å². The van der Waals surface area contributed by atoms with Crippen molar-refractivity contribution in [1.82, 2.24) is 0 Å². The topological polar surface area (TPSA) is 26.3 Å². The third kappa shape index (κ3) is 4.71. The molecule has 0 heterocycles. The summed E-state index contributed by atoms with van der Waals surface area (Å²) >= 11 is 0. The molecule has 0 saturated carbocycles. The second kappa shape index (κ2) is 10.4. The fourth-order valence-corrected chi connectivity index (χ4v) is 7.95. The van der Waals surface area contributed by atoms with Crippen molar-refractivity contribution in [3.8, 4) is 5.75 Å². The second-order valence-electron chi connectivity index (χ2n) is 7.13. The van der Waals surface area contributed by atoms with Gasteiger partial charge in [0.25, 0.3) is 0 Å². The molecule has 4 heteroatoms. The fourth-order valence-electron chi connectivity index (χ4n) is 3.85. The molecule has 4 rings (SSSR count). The lowest BCUT2D eigenvalue weighted by Crippen LogP contribution is -3.00. The molecule has 156 valence electrons. The van der Waals surface area contributed by atoms with E-state index in [1.807, 2.05) is 42.5 Å². The Morgan fingerprint density at radius 3 is 1.39 bits per heavy atom. The average molecular weight is 447 g/mol. The van der Waals surface area contributed by atoms with Gasteiger partial charge in [0, 0.05) is 5.56 Å². The minimum Gasteiger partial charge on any atom is -1.00 e. The van der Waals surface area contributed by atoms with E-state index in [1.165, 1.54) is 15.9 Å². The van der Waals surface area contributed by atoms with Gasteiger partial charge in [-0.1, -0.05) is 54.6 Å². The molecule has 0 aliphatic rings. The van der Waals surface area contributed by atoms with Crippen LogP contribution in [0.25, 0.3) is 0 Å². The van der Waals surface area contributed by atoms with E-state index in [2.05, 4.69) is 72.8 Å². The minimum atomic E-state index is -2.17. The highest BCUT2D eigenvalue weighted by molar-refractivity contribution is 7.96. The lowest BCUT2D eigenvalue weighted by Gasteiger charge is -2.27. The largest absolute Gasteiger partial charge is 1.00 e. The number of carbonyl (C=O) groups is 1. The number of carbonyl (C=O) groups excluding carboxylic acids is 1. The number of Topliss-reactive ketones (excluding diaryl/α,β-unsaturated/α-hetero) is 1. The zero-order valence-electron chi connectivity index (χ0n) is 17.3. The van der Waals surface area contributed by atoms with E-state index >= 15 is 0 Å². The minimum absolute atomic E-state index is 0. The molecule has 2 nitrogen and oxygen atoms in total. The number of benzene rings is 4. The van der Waals surface area contributed by atoms with Crippen LogP contribution in [0, 0.1) is 0 Å². The molecule has 0 N–H and O–H groups in total. The van der Waals surface area contributed by atoms with E-state index < -0.39 is 7.26 Å². The van der Waals surface area contributed by atoms with Crippen LogP contribution in [0.5, 0.6) is 5.75 Å². The molecule has 0 aliphatic heterocycles. The van der Waals surface area contributed by atoms with E-state index in [0.29, 0.717) is 11.7 Å². The normalized spacial score (nSPS) is 10.7. The Kier molecular flexibility index (Phi) is 7.63. The molecule has 0 bridgehead atoms. The number of methoxy groups -OCH3 is 1. The molecule has 4 aromatic carbocycles. The van der Waals surface area contributed by atoms with Crippen LogP contribution in [-0.2, 0) is 0 Å². The predicted molar refractivity (Wildman–Crippen MR) is 127 cm³/mol. The van der Waals surface area contributed by atoms with Crippen molar-refractivity contribution in [3.63, 3.8) is 0 Å². The Morgan fingerprint density at radius 2 is 1.03 bits per heavy atom. The quantitative estimate of drug-likeness (QED) is 0.320. The summed E-state index contributed by atoms with van der Waals surface area (Å²) in [6.07, 6.45) is 0.442. The van der Waals surface area contributed by atoms with Crippen LogP contribution < -0.4 is 33.1 Å². The smallest absolute Gasteiger partial charge is 0.201 e. The summed E-state index contributed by atoms with van der Waals surface area (Å²) in [6.45, 7) is 0. The zero-order valence-corrected chi connectivity index (χ0v) is 19.0. The number of hydrogen-bond donors (Lipinski definition) is 0. The van der Waals surface area contributed by atoms with Gasteiger partial charge >= 0.3 is 0 Å². The molecule has 31 heavy (non-hydrogen) atoms. The summed E-state index contributed by atoms with van der Waals surface area (Å²) in [5, 5.41) is 3.64. The van der Waals surface area contributed by atoms with E-state index in [0.717, 1.165) is 5.75 Å². The number of ketones is 1. The molecule has 0 unspecified atom stereocenters. The molecule has 0 aliphatic carbocycles. The van der Waals surface area contributed by atoms with E-state index in [4.69, 9.17) is 4.74 Å². The number of rotatable bonds is 7. The summed E-state index contributed by atoms with van der Waals surface area (Å²) in [4.78, 5) is 13.6. The van der Waals surface area contributed by atoms with Crippen molar-refractivity contribution in [2.45, 2.75) is 0 Å². The third-order valence-corrected chi connectivity index (χ3v) is 9.68. The Labute approximate surface area is 190 Å². The molecule has 0 spiro atoms. The lowest BCUT2D eigenvalue weighted by atomic mass is 10.1. The SMILES string of the molecule is COc1ccc(C(=O)C[P+](c2ccccc2)(c2ccccc2)c2ccccc2)cc1.[Cl-]. The maximum Gasteiger partial charge on any atom is 0.201 e. The van der Waals surface area contributed by atoms with Crippen LogP contribution in [0.4, 0.5) is 0 Å². The Bertz CT molecular complexity index is 1000. The van der Waals surface area contributed by atoms with Crippen molar-refractivity contribution in [2.24, 2.45) is 0 Å². The molecular weight excluding hydrogens is 423 g/mol. The second-order valence-corrected chi connectivity index (χ2v) is 10.6. The summed E-state index contributed by atoms with van der Waals surface area (Å²) < 4.78 is 5.25. The van der Waals surface area contributed by atoms with Crippen LogP contribution in [0.1, 0.15) is 10.4 Å². The standard InChI is InChI=1S/C27H24O2P.ClH/c1-29-23-19-17-22(18-20-23)27(28)21-30(24-11-5-2-6-12-24,25-13-7-3-8-14-25)26-15-9-4-10-16-26;/h2-20H,21H2,1H3;1H/q+1;/p-1. The molecule has 0 saturated heterocycles. The maximum atomic E-state index is 13.6. The van der Waals surface area contributed by atoms with E-state index in [-0.39, 0.29) is 18.2 Å². The van der Waals surface area contributed by atoms with Crippen molar-refractivity contribution in [3.05, 3.63) is 121 Å². The molecule has 0 radical (unpaired) electrons. The van der Waals surface area contributed by atoms with Crippen LogP contribution in [0.2, 0.25) is 0 Å². The molecular formula is C27H24ClO2P. The van der Waals surface area contributed by atoms with Crippen molar-refractivity contribution >= 4 is 29.0 Å². The monoisotopic (exact) mass is 446 g/mol. The Balaban J connectivity index is 0.00000272. The molecule has 0 atom stereocenters. The first-order chi connectivity index (χ1) is 14.7. The van der Waals surface area contributed by atoms with Gasteiger partial charge in [-0.15, -0.1) is 0 Å². The van der Waals surface area contributed by atoms with E-state index in [9.17, 15) is 4.79 Å². The first-order valence-electron chi connectivity index (χ1n) is 9.96. The first kappa shape index (κ1) is 22.7. The van der Waals surface area contributed by atoms with Gasteiger partial charge in [-0.3, -0.25) is 4.79 Å². The first-order valence-corrected chi connectivity index (χ1v) is 11.9. The van der Waals surface area contributed by atoms with Gasteiger partial charge in [0.2, 0.25) is 5.78 Å². The van der Waals surface area contributed by atoms with Crippen LogP contribution in [-0.4, -0.2) is 19.1 Å². The number of hydrogen-bond acceptors (Lipinski definition) is 2. The summed E-state index contributed by atoms with van der Waals surface area (Å²) in [5.41, 5.74) is 0.711. The van der Waals surface area contributed by atoms with Crippen LogP contribution in [0.15, 0.2) is 115 Å². The zero-order chi connectivity index (χ0) is 20.8. The fraction of sp³-hybridized carbons (Fsp3) is 0.0741. The van der Waals surface area contributed by atoms with E-state index in [1.54, 1.807) is 7.11 Å². The summed E-state index contributed by atoms with van der Waals surface area (Å²) in [6, 6.07) is 38.8. The Hall–Kier alpha value is -2.93. The van der Waals surface area contributed by atoms with Crippen LogP contribution in [0.3, 0.4) is 0 Å². The highest BCUT2D eigenvalue weighted by Gasteiger charge is 2.47. The predicted octanol–water partition coefficient (Wildman–Crippen LogP) is 1.88. The van der Waals surface area contributed by atoms with Crippen LogP contribution >= 0.6 is 7.26 Å². The number of ether oxygens (including phenoxy) is 1. The van der Waals surface area contributed by atoms with Gasteiger partial charge < -0.3 is 17.1 Å². The summed E-state index contributed by atoms with van der Waals surface area (Å²) in [7, 11) is -0.542. The molecule has 0 amide bonds. The van der Waals surface area contributed by atoms with Crippen molar-refractivity contribution in [2.75, 3.05) is 13.3 Å². The molecule has 0 aromatic heterocycles. The van der Waals surface area contributed by atoms with Gasteiger partial charge in [-0.25, -0.2) is 0 Å². The third-order valence-electron chi connectivity index (χ3n) is 5.38. The van der Waals surface area contributed by atoms with Gasteiger partial charge in [0.1, 0.15) is 35.1 Å². The highest BCUT2D eigenvalue weighted by atomic mass is 35.5. The lowest BCUT2D eigenvalue weighted by molar-refractivity contribution is -0.0000139. The van der Waals surface area contributed by atoms with Crippen molar-refractivity contribution in [1.29, 1.82) is 0 Å². The highest BCUT2D eigenvalue weighted by Crippen LogP contribution is 2.55.